The smallest absolute Gasteiger partial charge is 0.327 e. The van der Waals surface area contributed by atoms with Crippen molar-refractivity contribution in [2.75, 3.05) is 14.2 Å². The van der Waals surface area contributed by atoms with Gasteiger partial charge in [0.25, 0.3) is 5.95 Å². The zero-order valence-electron chi connectivity index (χ0n) is 15.5. The summed E-state index contributed by atoms with van der Waals surface area (Å²) in [6.45, 7) is 13.7. The van der Waals surface area contributed by atoms with Crippen LogP contribution in [0.15, 0.2) is 62.6 Å². The van der Waals surface area contributed by atoms with E-state index in [1.165, 1.54) is 0 Å². The molecule has 0 unspecified atom stereocenters. The zero-order chi connectivity index (χ0) is 22.8. The van der Waals surface area contributed by atoms with Crippen LogP contribution in [0.2, 0.25) is 0 Å². The second-order valence-corrected chi connectivity index (χ2v) is 3.19. The lowest BCUT2D eigenvalue weighted by molar-refractivity contribution is -0.132. The van der Waals surface area contributed by atoms with Crippen LogP contribution in [0.3, 0.4) is 0 Å². The van der Waals surface area contributed by atoms with Gasteiger partial charge >= 0.3 is 23.9 Å². The summed E-state index contributed by atoms with van der Waals surface area (Å²) in [5.41, 5.74) is 0. The Labute approximate surface area is 157 Å². The van der Waals surface area contributed by atoms with Gasteiger partial charge in [-0.3, -0.25) is 0 Å². The predicted octanol–water partition coefficient (Wildman–Crippen LogP) is 2.17. The molecule has 0 aliphatic heterocycles. The van der Waals surface area contributed by atoms with Gasteiger partial charge in [0.15, 0.2) is 0 Å². The Hall–Kier alpha value is -3.82. The van der Waals surface area contributed by atoms with Crippen LogP contribution in [-0.2, 0) is 28.7 Å². The first kappa shape index (κ1) is 34.5. The van der Waals surface area contributed by atoms with Gasteiger partial charge in [0.2, 0.25) is 0 Å². The monoisotopic (exact) mass is 390 g/mol. The Morgan fingerprint density at radius 1 is 0.630 bits per heavy atom. The Balaban J connectivity index is -0.0000000753. The number of ether oxygens (including phenoxy) is 2. The van der Waals surface area contributed by atoms with E-state index in [0.29, 0.717) is 5.95 Å². The molecule has 154 valence electrons. The van der Waals surface area contributed by atoms with Crippen LogP contribution in [0, 0.1) is 0 Å². The van der Waals surface area contributed by atoms with Gasteiger partial charge in [0.05, 0.1) is 14.2 Å². The number of methoxy groups -OCH3 is 2. The van der Waals surface area contributed by atoms with Crippen molar-refractivity contribution in [3.05, 3.63) is 62.6 Å². The SMILES string of the molecule is C=CC(=O)O.C=CC(=O)O.C=CC(=O)O.C=CC(=O)O.CC=C(OC)OC. The van der Waals surface area contributed by atoms with Crippen LogP contribution in [-0.4, -0.2) is 58.5 Å². The Morgan fingerprint density at radius 3 is 0.778 bits per heavy atom. The fourth-order valence-corrected chi connectivity index (χ4v) is 0.319. The van der Waals surface area contributed by atoms with Crippen LogP contribution >= 0.6 is 0 Å². The molecule has 0 spiro atoms. The number of carboxylic acids is 4. The molecule has 0 heterocycles. The van der Waals surface area contributed by atoms with Crippen LogP contribution in [0.1, 0.15) is 6.92 Å². The molecule has 10 heteroatoms. The van der Waals surface area contributed by atoms with Gasteiger partial charge in [-0.1, -0.05) is 26.3 Å². The van der Waals surface area contributed by atoms with Gasteiger partial charge in [-0.2, -0.15) is 0 Å². The molecule has 0 atom stereocenters. The van der Waals surface area contributed by atoms with Gasteiger partial charge in [-0.15, -0.1) is 0 Å². The number of allylic oxidation sites excluding steroid dienone is 1. The average Bonchev–Trinajstić information content (AvgIpc) is 2.64. The molecule has 0 aliphatic rings. The summed E-state index contributed by atoms with van der Waals surface area (Å²) in [7, 11) is 3.14. The zero-order valence-corrected chi connectivity index (χ0v) is 15.5. The van der Waals surface area contributed by atoms with Crippen molar-refractivity contribution in [2.24, 2.45) is 0 Å². The van der Waals surface area contributed by atoms with E-state index in [9.17, 15) is 19.2 Å². The van der Waals surface area contributed by atoms with Gasteiger partial charge in [0, 0.05) is 24.3 Å². The Morgan fingerprint density at radius 2 is 0.778 bits per heavy atom. The van der Waals surface area contributed by atoms with Crippen LogP contribution < -0.4 is 0 Å². The highest BCUT2D eigenvalue weighted by Crippen LogP contribution is 1.91. The molecule has 0 bridgehead atoms. The van der Waals surface area contributed by atoms with E-state index >= 15 is 0 Å². The first-order chi connectivity index (χ1) is 12.4. The minimum atomic E-state index is -0.981. The summed E-state index contributed by atoms with van der Waals surface area (Å²) in [5.74, 6) is -3.37. The quantitative estimate of drug-likeness (QED) is 0.389. The lowest BCUT2D eigenvalue weighted by Crippen LogP contribution is -1.86. The second kappa shape index (κ2) is 30.1. The summed E-state index contributed by atoms with van der Waals surface area (Å²) in [6, 6.07) is 0. The molecule has 4 N–H and O–H groups in total. The number of aliphatic carboxylic acids is 4. The largest absolute Gasteiger partial charge is 0.478 e. The van der Waals surface area contributed by atoms with Gasteiger partial charge in [-0.25, -0.2) is 19.2 Å². The molecule has 27 heavy (non-hydrogen) atoms. The molecular weight excluding hydrogens is 364 g/mol. The van der Waals surface area contributed by atoms with Gasteiger partial charge in [-0.05, 0) is 13.0 Å². The van der Waals surface area contributed by atoms with E-state index in [0.717, 1.165) is 24.3 Å². The van der Waals surface area contributed by atoms with Crippen LogP contribution in [0.25, 0.3) is 0 Å². The predicted molar refractivity (Wildman–Crippen MR) is 99.1 cm³/mol. The van der Waals surface area contributed by atoms with E-state index < -0.39 is 23.9 Å². The maximum Gasteiger partial charge on any atom is 0.327 e. The molecule has 0 aliphatic carbocycles. The number of hydrogen-bond acceptors (Lipinski definition) is 6. The summed E-state index contributed by atoms with van der Waals surface area (Å²) in [6.07, 6.45) is 5.08. The topological polar surface area (TPSA) is 168 Å². The van der Waals surface area contributed by atoms with Gasteiger partial charge < -0.3 is 29.9 Å². The third-order valence-corrected chi connectivity index (χ3v) is 1.34. The van der Waals surface area contributed by atoms with Crippen LogP contribution in [0.5, 0.6) is 0 Å². The minimum absolute atomic E-state index is 0.556. The highest BCUT2D eigenvalue weighted by atomic mass is 16.7. The van der Waals surface area contributed by atoms with Crippen molar-refractivity contribution in [1.29, 1.82) is 0 Å². The van der Waals surface area contributed by atoms with Crippen LogP contribution in [0.4, 0.5) is 0 Å². The molecule has 0 aromatic rings. The highest BCUT2D eigenvalue weighted by molar-refractivity contribution is 5.79. The van der Waals surface area contributed by atoms with Crippen molar-refractivity contribution in [1.82, 2.24) is 0 Å². The highest BCUT2D eigenvalue weighted by Gasteiger charge is 1.83. The Kier molecular flexibility index (Phi) is 38.5. The molecule has 0 rings (SSSR count). The number of carboxylic acid groups (broad SMARTS) is 4. The minimum Gasteiger partial charge on any atom is -0.478 e. The number of rotatable bonds is 6. The molecule has 0 radical (unpaired) electrons. The maximum atomic E-state index is 9.25. The third-order valence-electron chi connectivity index (χ3n) is 1.34. The summed E-state index contributed by atoms with van der Waals surface area (Å²) in [4.78, 5) is 37.0. The first-order valence-corrected chi connectivity index (χ1v) is 6.59. The molecule has 10 nitrogen and oxygen atoms in total. The fraction of sp³-hybridized carbons (Fsp3) is 0.176. The molecule has 0 aromatic carbocycles. The lowest BCUT2D eigenvalue weighted by atomic mass is 10.7. The third kappa shape index (κ3) is 87.2. The van der Waals surface area contributed by atoms with Crippen molar-refractivity contribution in [2.45, 2.75) is 6.92 Å². The molecule has 0 amide bonds. The van der Waals surface area contributed by atoms with E-state index in [1.54, 1.807) is 20.3 Å². The number of carbonyl (C=O) groups is 4. The average molecular weight is 390 g/mol. The molecule has 0 aromatic heterocycles. The number of hydrogen-bond donors (Lipinski definition) is 4. The summed E-state index contributed by atoms with van der Waals surface area (Å²) < 4.78 is 9.38. The van der Waals surface area contributed by atoms with Crippen molar-refractivity contribution >= 4 is 23.9 Å². The van der Waals surface area contributed by atoms with Crippen molar-refractivity contribution in [3.8, 4) is 0 Å². The lowest BCUT2D eigenvalue weighted by Gasteiger charge is -1.99. The van der Waals surface area contributed by atoms with E-state index in [1.807, 2.05) is 6.92 Å². The molecule has 0 saturated carbocycles. The standard InChI is InChI=1S/C5H10O2.4C3H4O2/c1-4-5(6-2)7-3;4*1-2-3(4)5/h4H,1-3H3;4*2H,1H2,(H,4,5). The molecular formula is C17H26O10. The Bertz CT molecular complexity index is 426. The first-order valence-electron chi connectivity index (χ1n) is 6.59. The van der Waals surface area contributed by atoms with Gasteiger partial charge in [0.1, 0.15) is 0 Å². The second-order valence-electron chi connectivity index (χ2n) is 3.19. The van der Waals surface area contributed by atoms with E-state index in [-0.39, 0.29) is 0 Å². The van der Waals surface area contributed by atoms with E-state index in [4.69, 9.17) is 20.4 Å². The van der Waals surface area contributed by atoms with Crippen molar-refractivity contribution < 1.29 is 49.1 Å². The summed E-state index contributed by atoms with van der Waals surface area (Å²) >= 11 is 0. The molecule has 0 fully saturated rings. The van der Waals surface area contributed by atoms with E-state index in [2.05, 4.69) is 35.8 Å². The summed E-state index contributed by atoms with van der Waals surface area (Å²) in [5, 5.41) is 30.4. The fourth-order valence-electron chi connectivity index (χ4n) is 0.319. The maximum absolute atomic E-state index is 9.25. The molecule has 0 saturated heterocycles. The normalized spacial score (nSPS) is 6.63. The van der Waals surface area contributed by atoms with Crippen molar-refractivity contribution in [3.63, 3.8) is 0 Å².